The van der Waals surface area contributed by atoms with Gasteiger partial charge in [0, 0.05) is 6.54 Å². The molecule has 112 valence electrons. The Kier molecular flexibility index (Phi) is 3.57. The monoisotopic (exact) mass is 288 g/mol. The second kappa shape index (κ2) is 5.39. The zero-order chi connectivity index (χ0) is 15.0. The Labute approximate surface area is 123 Å². The van der Waals surface area contributed by atoms with Gasteiger partial charge >= 0.3 is 11.7 Å². The Morgan fingerprint density at radius 3 is 2.48 bits per heavy atom. The Morgan fingerprint density at radius 1 is 1.29 bits per heavy atom. The topological polar surface area (TPSA) is 53.2 Å². The summed E-state index contributed by atoms with van der Waals surface area (Å²) in [7, 11) is 0. The molecule has 0 bridgehead atoms. The van der Waals surface area contributed by atoms with Gasteiger partial charge in [-0.3, -0.25) is 13.9 Å². The Hall–Kier alpha value is -2.04. The van der Waals surface area contributed by atoms with Crippen molar-refractivity contribution in [2.75, 3.05) is 0 Å². The number of benzene rings is 1. The van der Waals surface area contributed by atoms with Crippen molar-refractivity contribution in [3.8, 4) is 0 Å². The van der Waals surface area contributed by atoms with E-state index in [2.05, 4.69) is 0 Å². The van der Waals surface area contributed by atoms with Gasteiger partial charge in [0.2, 0.25) is 0 Å². The number of carbonyl (C=O) groups excluding carboxylic acids is 1. The van der Waals surface area contributed by atoms with Crippen molar-refractivity contribution in [3.63, 3.8) is 0 Å². The summed E-state index contributed by atoms with van der Waals surface area (Å²) in [6, 6.07) is 7.53. The first-order valence-corrected chi connectivity index (χ1v) is 7.49. The van der Waals surface area contributed by atoms with E-state index in [1.807, 2.05) is 38.1 Å². The number of fused-ring (bicyclic) bond motifs is 1. The lowest BCUT2D eigenvalue weighted by atomic mass is 10.3. The van der Waals surface area contributed by atoms with Crippen molar-refractivity contribution in [2.24, 2.45) is 5.92 Å². The Bertz CT molecular complexity index is 725. The van der Waals surface area contributed by atoms with Gasteiger partial charge in [-0.05, 0) is 44.7 Å². The van der Waals surface area contributed by atoms with Crippen LogP contribution >= 0.6 is 0 Å². The van der Waals surface area contributed by atoms with Crippen molar-refractivity contribution >= 4 is 17.0 Å². The highest BCUT2D eigenvalue weighted by atomic mass is 16.5. The molecule has 1 fully saturated rings. The number of aryl methyl sites for hydroxylation is 1. The highest BCUT2D eigenvalue weighted by Gasteiger charge is 2.30. The van der Waals surface area contributed by atoms with Gasteiger partial charge in [0.15, 0.2) is 0 Å². The van der Waals surface area contributed by atoms with E-state index in [-0.39, 0.29) is 24.3 Å². The molecular weight excluding hydrogens is 268 g/mol. The van der Waals surface area contributed by atoms with Crippen LogP contribution in [0.15, 0.2) is 29.1 Å². The number of para-hydroxylation sites is 2. The van der Waals surface area contributed by atoms with Crippen molar-refractivity contribution in [1.29, 1.82) is 0 Å². The number of carbonyl (C=O) groups is 1. The van der Waals surface area contributed by atoms with E-state index >= 15 is 0 Å². The Morgan fingerprint density at radius 2 is 1.90 bits per heavy atom. The predicted octanol–water partition coefficient (Wildman–Crippen LogP) is 2.16. The van der Waals surface area contributed by atoms with Crippen molar-refractivity contribution in [3.05, 3.63) is 34.7 Å². The molecule has 0 saturated heterocycles. The van der Waals surface area contributed by atoms with E-state index in [1.54, 1.807) is 4.57 Å². The van der Waals surface area contributed by atoms with Crippen LogP contribution in [-0.4, -0.2) is 21.2 Å². The molecule has 21 heavy (non-hydrogen) atoms. The third-order valence-electron chi connectivity index (χ3n) is 4.13. The minimum atomic E-state index is -0.337. The van der Waals surface area contributed by atoms with Crippen LogP contribution < -0.4 is 5.69 Å². The van der Waals surface area contributed by atoms with Crippen LogP contribution in [0.3, 0.4) is 0 Å². The number of aromatic nitrogens is 2. The first-order chi connectivity index (χ1) is 10.1. The van der Waals surface area contributed by atoms with E-state index in [4.69, 9.17) is 4.74 Å². The van der Waals surface area contributed by atoms with Gasteiger partial charge in [0.1, 0.15) is 12.6 Å². The summed E-state index contributed by atoms with van der Waals surface area (Å²) in [6.45, 7) is 4.41. The average Bonchev–Trinajstić information content (AvgIpc) is 3.27. The van der Waals surface area contributed by atoms with Crippen LogP contribution in [0, 0.1) is 5.92 Å². The first-order valence-electron chi connectivity index (χ1n) is 7.49. The van der Waals surface area contributed by atoms with Gasteiger partial charge in [-0.1, -0.05) is 12.1 Å². The number of nitrogens with zero attached hydrogens (tertiary/aromatic N) is 2. The van der Waals surface area contributed by atoms with Gasteiger partial charge in [0.05, 0.1) is 11.0 Å². The Balaban J connectivity index is 1.87. The second-order valence-electron chi connectivity index (χ2n) is 5.63. The maximum absolute atomic E-state index is 12.4. The van der Waals surface area contributed by atoms with E-state index < -0.39 is 0 Å². The summed E-state index contributed by atoms with van der Waals surface area (Å²) in [5, 5.41) is 0. The highest BCUT2D eigenvalue weighted by Crippen LogP contribution is 2.34. The van der Waals surface area contributed by atoms with E-state index in [9.17, 15) is 9.59 Å². The van der Waals surface area contributed by atoms with Gasteiger partial charge in [-0.25, -0.2) is 4.79 Å². The summed E-state index contributed by atoms with van der Waals surface area (Å²) < 4.78 is 8.59. The molecule has 0 aliphatic heterocycles. The molecule has 1 aromatic carbocycles. The maximum atomic E-state index is 12.4. The fourth-order valence-electron chi connectivity index (χ4n) is 2.77. The third kappa shape index (κ3) is 2.60. The van der Waals surface area contributed by atoms with E-state index in [0.29, 0.717) is 12.5 Å². The summed E-state index contributed by atoms with van der Waals surface area (Å²) in [6.07, 6.45) is 2.21. The van der Waals surface area contributed by atoms with E-state index in [1.165, 1.54) is 4.57 Å². The van der Waals surface area contributed by atoms with Crippen LogP contribution in [0.5, 0.6) is 0 Å². The summed E-state index contributed by atoms with van der Waals surface area (Å²) >= 11 is 0. The molecule has 1 aliphatic carbocycles. The standard InChI is InChI=1S/C16H20N2O3/c1-3-17-13-6-4-5-7-14(13)18(16(17)20)10-15(19)21-11(2)12-8-9-12/h4-7,11-12H,3,8-10H2,1-2H3/t11-/m0/s1. The van der Waals surface area contributed by atoms with E-state index in [0.717, 1.165) is 23.9 Å². The van der Waals surface area contributed by atoms with Gasteiger partial charge in [-0.15, -0.1) is 0 Å². The minimum Gasteiger partial charge on any atom is -0.461 e. The first kappa shape index (κ1) is 13.9. The molecule has 0 N–H and O–H groups in total. The molecule has 2 aromatic rings. The van der Waals surface area contributed by atoms with Crippen LogP contribution in [-0.2, 0) is 22.6 Å². The average molecular weight is 288 g/mol. The molecule has 0 amide bonds. The molecule has 0 spiro atoms. The molecule has 0 unspecified atom stereocenters. The largest absolute Gasteiger partial charge is 0.461 e. The molecule has 1 aromatic heterocycles. The number of rotatable bonds is 5. The molecule has 1 saturated carbocycles. The van der Waals surface area contributed by atoms with Crippen LogP contribution in [0.2, 0.25) is 0 Å². The molecular formula is C16H20N2O3. The second-order valence-corrected chi connectivity index (χ2v) is 5.63. The fourth-order valence-corrected chi connectivity index (χ4v) is 2.77. The number of hydrogen-bond donors (Lipinski definition) is 0. The lowest BCUT2D eigenvalue weighted by Gasteiger charge is -2.12. The minimum absolute atomic E-state index is 0.0244. The third-order valence-corrected chi connectivity index (χ3v) is 4.13. The molecule has 1 heterocycles. The number of imidazole rings is 1. The molecule has 1 aliphatic rings. The zero-order valence-electron chi connectivity index (χ0n) is 12.4. The summed E-state index contributed by atoms with van der Waals surface area (Å²) in [4.78, 5) is 24.5. The number of hydrogen-bond acceptors (Lipinski definition) is 3. The van der Waals surface area contributed by atoms with Crippen LogP contribution in [0.25, 0.3) is 11.0 Å². The highest BCUT2D eigenvalue weighted by molar-refractivity contribution is 5.78. The smallest absolute Gasteiger partial charge is 0.329 e. The fraction of sp³-hybridized carbons (Fsp3) is 0.500. The predicted molar refractivity (Wildman–Crippen MR) is 80.2 cm³/mol. The maximum Gasteiger partial charge on any atom is 0.329 e. The van der Waals surface area contributed by atoms with Gasteiger partial charge in [0.25, 0.3) is 0 Å². The van der Waals surface area contributed by atoms with Crippen LogP contribution in [0.1, 0.15) is 26.7 Å². The van der Waals surface area contributed by atoms with Crippen molar-refractivity contribution in [1.82, 2.24) is 9.13 Å². The summed E-state index contributed by atoms with van der Waals surface area (Å²) in [5.74, 6) is 0.165. The SMILES string of the molecule is CCn1c(=O)n(CC(=O)O[C@@H](C)C2CC2)c2ccccc21. The number of esters is 1. The molecule has 3 rings (SSSR count). The lowest BCUT2D eigenvalue weighted by Crippen LogP contribution is -2.29. The summed E-state index contributed by atoms with van der Waals surface area (Å²) in [5.41, 5.74) is 1.48. The van der Waals surface area contributed by atoms with Gasteiger partial charge < -0.3 is 4.74 Å². The molecule has 1 atom stereocenters. The van der Waals surface area contributed by atoms with Crippen molar-refractivity contribution in [2.45, 2.75) is 45.9 Å². The molecule has 0 radical (unpaired) electrons. The zero-order valence-corrected chi connectivity index (χ0v) is 12.4. The molecule has 5 heteroatoms. The van der Waals surface area contributed by atoms with Crippen molar-refractivity contribution < 1.29 is 9.53 Å². The van der Waals surface area contributed by atoms with Gasteiger partial charge in [-0.2, -0.15) is 0 Å². The quantitative estimate of drug-likeness (QED) is 0.792. The van der Waals surface area contributed by atoms with Crippen LogP contribution in [0.4, 0.5) is 0 Å². The normalized spacial score (nSPS) is 16.1. The lowest BCUT2D eigenvalue weighted by molar-refractivity contribution is -0.149. The number of ether oxygens (including phenoxy) is 1. The molecule has 5 nitrogen and oxygen atoms in total.